The van der Waals surface area contributed by atoms with Gasteiger partial charge in [0.1, 0.15) is 0 Å². The molecule has 0 aliphatic rings. The average Bonchev–Trinajstić information content (AvgIpc) is 2.51. The second-order valence-electron chi connectivity index (χ2n) is 6.09. The van der Waals surface area contributed by atoms with Gasteiger partial charge in [-0.25, -0.2) is 9.18 Å². The van der Waals surface area contributed by atoms with Crippen molar-refractivity contribution in [2.75, 3.05) is 13.2 Å². The third kappa shape index (κ3) is 6.53. The number of carbonyl (C=O) groups is 1. The second kappa shape index (κ2) is 9.69. The number of ether oxygens (including phenoxy) is 1. The van der Waals surface area contributed by atoms with Gasteiger partial charge in [-0.3, -0.25) is 0 Å². The molecule has 7 heteroatoms. The Balaban J connectivity index is 2.72. The Morgan fingerprint density at radius 1 is 1.42 bits per heavy atom. The zero-order chi connectivity index (χ0) is 18.2. The molecular weight excluding hydrogens is 337 g/mol. The SMILES string of the molecule is CCCCCOc1c(F)cc(CC[C@](C)(CO)NC(=O)O)cc1Cl. The molecule has 0 spiro atoms. The molecule has 0 bridgehead atoms. The normalized spacial score (nSPS) is 13.4. The minimum Gasteiger partial charge on any atom is -0.489 e. The second-order valence-corrected chi connectivity index (χ2v) is 6.50. The summed E-state index contributed by atoms with van der Waals surface area (Å²) in [5, 5.41) is 20.6. The van der Waals surface area contributed by atoms with Crippen molar-refractivity contribution in [3.63, 3.8) is 0 Å². The van der Waals surface area contributed by atoms with Gasteiger partial charge >= 0.3 is 6.09 Å². The van der Waals surface area contributed by atoms with Crippen molar-refractivity contribution in [1.29, 1.82) is 0 Å². The van der Waals surface area contributed by atoms with E-state index < -0.39 is 17.4 Å². The number of carboxylic acid groups (broad SMARTS) is 1. The fourth-order valence-electron chi connectivity index (χ4n) is 2.28. The molecule has 0 unspecified atom stereocenters. The maximum atomic E-state index is 14.2. The number of hydrogen-bond acceptors (Lipinski definition) is 3. The lowest BCUT2D eigenvalue weighted by atomic mass is 9.94. The number of halogens is 2. The largest absolute Gasteiger partial charge is 0.489 e. The summed E-state index contributed by atoms with van der Waals surface area (Å²) in [5.41, 5.74) is -0.380. The molecule has 0 saturated heterocycles. The number of nitrogens with one attached hydrogen (secondary N) is 1. The van der Waals surface area contributed by atoms with Crippen molar-refractivity contribution in [2.45, 2.75) is 51.5 Å². The number of hydrogen-bond donors (Lipinski definition) is 3. The van der Waals surface area contributed by atoms with Crippen LogP contribution in [0.15, 0.2) is 12.1 Å². The third-order valence-electron chi connectivity index (χ3n) is 3.78. The minimum absolute atomic E-state index is 0.0464. The van der Waals surface area contributed by atoms with Crippen LogP contribution in [0.4, 0.5) is 9.18 Å². The van der Waals surface area contributed by atoms with E-state index in [4.69, 9.17) is 21.4 Å². The van der Waals surface area contributed by atoms with E-state index in [1.165, 1.54) is 6.07 Å². The van der Waals surface area contributed by atoms with Crippen molar-refractivity contribution < 1.29 is 24.1 Å². The lowest BCUT2D eigenvalue weighted by molar-refractivity contribution is 0.141. The molecule has 1 rings (SSSR count). The van der Waals surface area contributed by atoms with Gasteiger partial charge in [0.05, 0.1) is 23.8 Å². The quantitative estimate of drug-likeness (QED) is 0.550. The average molecular weight is 362 g/mol. The molecule has 1 atom stereocenters. The Bertz CT molecular complexity index is 532. The number of aryl methyl sites for hydroxylation is 1. The molecule has 136 valence electrons. The van der Waals surface area contributed by atoms with E-state index in [9.17, 15) is 14.3 Å². The fraction of sp³-hybridized carbons (Fsp3) is 0.588. The number of amides is 1. The van der Waals surface area contributed by atoms with Crippen molar-refractivity contribution in [2.24, 2.45) is 0 Å². The third-order valence-corrected chi connectivity index (χ3v) is 4.06. The van der Waals surface area contributed by atoms with E-state index in [1.807, 2.05) is 0 Å². The number of unbranched alkanes of at least 4 members (excludes halogenated alkanes) is 2. The first-order valence-corrected chi connectivity index (χ1v) is 8.42. The Labute approximate surface area is 146 Å². The van der Waals surface area contributed by atoms with E-state index in [1.54, 1.807) is 13.0 Å². The predicted octanol–water partition coefficient (Wildman–Crippen LogP) is 4.00. The van der Waals surface area contributed by atoms with Crippen LogP contribution in [0.5, 0.6) is 5.75 Å². The molecule has 5 nitrogen and oxygen atoms in total. The Kier molecular flexibility index (Phi) is 8.28. The zero-order valence-electron chi connectivity index (χ0n) is 14.1. The lowest BCUT2D eigenvalue weighted by Crippen LogP contribution is -2.48. The fourth-order valence-corrected chi connectivity index (χ4v) is 2.57. The smallest absolute Gasteiger partial charge is 0.405 e. The van der Waals surface area contributed by atoms with Crippen LogP contribution < -0.4 is 10.1 Å². The Hall–Kier alpha value is -1.53. The number of aliphatic hydroxyl groups excluding tert-OH is 1. The van der Waals surface area contributed by atoms with Gasteiger partial charge in [-0.15, -0.1) is 0 Å². The van der Waals surface area contributed by atoms with Crippen LogP contribution >= 0.6 is 11.6 Å². The minimum atomic E-state index is -1.22. The van der Waals surface area contributed by atoms with Crippen LogP contribution in [0.3, 0.4) is 0 Å². The van der Waals surface area contributed by atoms with Crippen LogP contribution in [0.25, 0.3) is 0 Å². The first-order chi connectivity index (χ1) is 11.3. The molecule has 0 saturated carbocycles. The molecule has 3 N–H and O–H groups in total. The topological polar surface area (TPSA) is 78.8 Å². The van der Waals surface area contributed by atoms with Gasteiger partial charge in [0.25, 0.3) is 0 Å². The summed E-state index contributed by atoms with van der Waals surface area (Å²) in [7, 11) is 0. The van der Waals surface area contributed by atoms with Crippen LogP contribution in [0.2, 0.25) is 5.02 Å². The molecule has 1 aromatic rings. The van der Waals surface area contributed by atoms with Gasteiger partial charge in [-0.2, -0.15) is 0 Å². The molecule has 0 aliphatic carbocycles. The molecular formula is C17H25ClFNO4. The van der Waals surface area contributed by atoms with E-state index in [0.717, 1.165) is 19.3 Å². The van der Waals surface area contributed by atoms with Gasteiger partial charge in [-0.1, -0.05) is 31.4 Å². The first-order valence-electron chi connectivity index (χ1n) is 8.04. The van der Waals surface area contributed by atoms with Gasteiger partial charge in [0.2, 0.25) is 0 Å². The summed E-state index contributed by atoms with van der Waals surface area (Å²) in [6.07, 6.45) is 2.35. The van der Waals surface area contributed by atoms with E-state index in [2.05, 4.69) is 12.2 Å². The van der Waals surface area contributed by atoms with Gasteiger partial charge < -0.3 is 20.3 Å². The summed E-state index contributed by atoms with van der Waals surface area (Å²) < 4.78 is 19.6. The van der Waals surface area contributed by atoms with E-state index in [0.29, 0.717) is 25.0 Å². The summed E-state index contributed by atoms with van der Waals surface area (Å²) in [5.74, 6) is -0.490. The highest BCUT2D eigenvalue weighted by Gasteiger charge is 2.25. The predicted molar refractivity (Wildman–Crippen MR) is 91.4 cm³/mol. The van der Waals surface area contributed by atoms with Gasteiger partial charge in [0, 0.05) is 0 Å². The maximum Gasteiger partial charge on any atom is 0.405 e. The molecule has 0 radical (unpaired) electrons. The van der Waals surface area contributed by atoms with Crippen molar-refractivity contribution >= 4 is 17.7 Å². The molecule has 0 aliphatic heterocycles. The molecule has 1 amide bonds. The molecule has 0 aromatic heterocycles. The highest BCUT2D eigenvalue weighted by molar-refractivity contribution is 6.32. The van der Waals surface area contributed by atoms with Crippen LogP contribution in [-0.4, -0.2) is 35.1 Å². The van der Waals surface area contributed by atoms with Crippen molar-refractivity contribution in [3.8, 4) is 5.75 Å². The molecule has 24 heavy (non-hydrogen) atoms. The number of rotatable bonds is 10. The first kappa shape index (κ1) is 20.5. The van der Waals surface area contributed by atoms with E-state index >= 15 is 0 Å². The van der Waals surface area contributed by atoms with Gasteiger partial charge in [0.15, 0.2) is 11.6 Å². The van der Waals surface area contributed by atoms with Crippen LogP contribution in [0.1, 0.15) is 45.1 Å². The molecule has 0 fully saturated rings. The monoisotopic (exact) mass is 361 g/mol. The summed E-state index contributed by atoms with van der Waals surface area (Å²) in [6, 6.07) is 2.94. The Morgan fingerprint density at radius 3 is 2.67 bits per heavy atom. The van der Waals surface area contributed by atoms with Gasteiger partial charge in [-0.05, 0) is 43.9 Å². The highest BCUT2D eigenvalue weighted by atomic mass is 35.5. The highest BCUT2D eigenvalue weighted by Crippen LogP contribution is 2.30. The molecule has 0 heterocycles. The zero-order valence-corrected chi connectivity index (χ0v) is 14.8. The van der Waals surface area contributed by atoms with E-state index in [-0.39, 0.29) is 17.4 Å². The maximum absolute atomic E-state index is 14.2. The standard InChI is InChI=1S/C17H25ClFNO4/c1-3-4-5-8-24-15-13(18)9-12(10-14(15)19)6-7-17(2,11-21)20-16(22)23/h9-10,20-21H,3-8,11H2,1-2H3,(H,22,23)/t17-/m1/s1. The summed E-state index contributed by atoms with van der Waals surface area (Å²) in [4.78, 5) is 10.8. The molecule has 1 aromatic carbocycles. The van der Waals surface area contributed by atoms with Crippen molar-refractivity contribution in [3.05, 3.63) is 28.5 Å². The summed E-state index contributed by atoms with van der Waals surface area (Å²) in [6.45, 7) is 3.72. The lowest BCUT2D eigenvalue weighted by Gasteiger charge is -2.27. The van der Waals surface area contributed by atoms with Crippen LogP contribution in [0, 0.1) is 5.82 Å². The van der Waals surface area contributed by atoms with Crippen molar-refractivity contribution in [1.82, 2.24) is 5.32 Å². The summed E-state index contributed by atoms with van der Waals surface area (Å²) >= 11 is 6.09. The number of aliphatic hydroxyl groups is 1. The van der Waals surface area contributed by atoms with Crippen LogP contribution in [-0.2, 0) is 6.42 Å². The Morgan fingerprint density at radius 2 is 2.12 bits per heavy atom. The number of benzene rings is 1.